The molecule has 1 fully saturated rings. The number of ether oxygens (including phenoxy) is 5. The Morgan fingerprint density at radius 3 is 2.64 bits per heavy atom. The molecule has 0 saturated carbocycles. The second kappa shape index (κ2) is 13.8. The van der Waals surface area contributed by atoms with Crippen LogP contribution < -0.4 is 24.3 Å². The molecule has 2 aromatic rings. The summed E-state index contributed by atoms with van der Waals surface area (Å²) in [6.45, 7) is 6.56. The van der Waals surface area contributed by atoms with Crippen LogP contribution in [0.25, 0.3) is 0 Å². The van der Waals surface area contributed by atoms with Gasteiger partial charge in [-0.25, -0.2) is 9.80 Å². The van der Waals surface area contributed by atoms with Crippen molar-refractivity contribution in [3.8, 4) is 23.0 Å². The van der Waals surface area contributed by atoms with Gasteiger partial charge in [0.1, 0.15) is 18.0 Å². The van der Waals surface area contributed by atoms with Gasteiger partial charge in [0.05, 0.1) is 39.2 Å². The molecule has 3 aliphatic rings. The fourth-order valence-corrected chi connectivity index (χ4v) is 5.24. The number of hydrogen-bond acceptors (Lipinski definition) is 9. The smallest absolute Gasteiger partial charge is 0.317 e. The van der Waals surface area contributed by atoms with Crippen molar-refractivity contribution in [2.24, 2.45) is 5.10 Å². The van der Waals surface area contributed by atoms with E-state index in [1.807, 2.05) is 37.3 Å². The second-order valence-corrected chi connectivity index (χ2v) is 10.3. The maximum atomic E-state index is 14.0. The van der Waals surface area contributed by atoms with Gasteiger partial charge in [-0.15, -0.1) is 0 Å². The highest BCUT2D eigenvalue weighted by molar-refractivity contribution is 6.05. The van der Waals surface area contributed by atoms with Crippen LogP contribution in [0.15, 0.2) is 41.5 Å². The number of urea groups is 1. The maximum Gasteiger partial charge on any atom is 0.317 e. The predicted molar refractivity (Wildman–Crippen MR) is 155 cm³/mol. The number of hydrogen-bond donors (Lipinski definition) is 1. The number of nitrogens with one attached hydrogen (secondary N) is 1. The van der Waals surface area contributed by atoms with E-state index in [1.54, 1.807) is 25.2 Å². The Balaban J connectivity index is 1.42. The van der Waals surface area contributed by atoms with Crippen molar-refractivity contribution in [2.45, 2.75) is 25.8 Å². The molecule has 3 amide bonds. The summed E-state index contributed by atoms with van der Waals surface area (Å²) >= 11 is 0. The maximum absolute atomic E-state index is 14.0. The summed E-state index contributed by atoms with van der Waals surface area (Å²) in [5.41, 5.74) is 2.32. The molecule has 12 heteroatoms. The van der Waals surface area contributed by atoms with Crippen LogP contribution >= 0.6 is 0 Å². The fraction of sp³-hybridized carbons (Fsp3) is 0.500. The van der Waals surface area contributed by atoms with E-state index in [2.05, 4.69) is 10.2 Å². The topological polar surface area (TPSA) is 114 Å². The molecular formula is C30H39N5O7. The minimum atomic E-state index is -0.409. The van der Waals surface area contributed by atoms with Gasteiger partial charge in [-0.1, -0.05) is 13.0 Å². The molecule has 0 bridgehead atoms. The van der Waals surface area contributed by atoms with Crippen molar-refractivity contribution in [1.82, 2.24) is 20.1 Å². The lowest BCUT2D eigenvalue weighted by Crippen LogP contribution is -2.49. The Labute approximate surface area is 246 Å². The zero-order valence-electron chi connectivity index (χ0n) is 24.5. The van der Waals surface area contributed by atoms with E-state index in [9.17, 15) is 9.59 Å². The quantitative estimate of drug-likeness (QED) is 0.431. The molecule has 3 aliphatic heterocycles. The highest BCUT2D eigenvalue weighted by Gasteiger charge is 2.36. The number of amides is 3. The molecule has 0 spiro atoms. The molecule has 1 saturated heterocycles. The molecular weight excluding hydrogens is 542 g/mol. The van der Waals surface area contributed by atoms with Gasteiger partial charge in [0.15, 0.2) is 11.5 Å². The molecule has 3 heterocycles. The molecule has 1 N–H and O–H groups in total. The number of hydrazone groups is 1. The molecule has 5 rings (SSSR count). The molecule has 1 atom stereocenters. The van der Waals surface area contributed by atoms with Gasteiger partial charge in [-0.2, -0.15) is 5.10 Å². The summed E-state index contributed by atoms with van der Waals surface area (Å²) in [6.07, 6.45) is 1.25. The monoisotopic (exact) mass is 581 g/mol. The van der Waals surface area contributed by atoms with Gasteiger partial charge in [-0.3, -0.25) is 9.69 Å². The molecule has 0 aliphatic carbocycles. The summed E-state index contributed by atoms with van der Waals surface area (Å²) in [5.74, 6) is 2.26. The summed E-state index contributed by atoms with van der Waals surface area (Å²) < 4.78 is 27.6. The molecule has 42 heavy (non-hydrogen) atoms. The first-order valence-electron chi connectivity index (χ1n) is 14.3. The van der Waals surface area contributed by atoms with Crippen LogP contribution in [-0.4, -0.2) is 106 Å². The predicted octanol–water partition coefficient (Wildman–Crippen LogP) is 2.86. The van der Waals surface area contributed by atoms with E-state index in [-0.39, 0.29) is 25.3 Å². The Bertz CT molecular complexity index is 1300. The van der Waals surface area contributed by atoms with Gasteiger partial charge >= 0.3 is 6.03 Å². The number of carbonyl (C=O) groups is 2. The van der Waals surface area contributed by atoms with Gasteiger partial charge < -0.3 is 33.9 Å². The summed E-state index contributed by atoms with van der Waals surface area (Å²) in [6, 6.07) is 10.5. The van der Waals surface area contributed by atoms with Crippen molar-refractivity contribution < 1.29 is 33.3 Å². The number of carbonyl (C=O) groups excluding carboxylic acids is 2. The molecule has 0 radical (unpaired) electrons. The van der Waals surface area contributed by atoms with Crippen LogP contribution in [0.2, 0.25) is 0 Å². The van der Waals surface area contributed by atoms with Crippen LogP contribution in [0, 0.1) is 0 Å². The fourth-order valence-electron chi connectivity index (χ4n) is 5.24. The van der Waals surface area contributed by atoms with Crippen molar-refractivity contribution >= 4 is 17.6 Å². The summed E-state index contributed by atoms with van der Waals surface area (Å²) in [4.78, 5) is 30.9. The van der Waals surface area contributed by atoms with Crippen molar-refractivity contribution in [3.63, 3.8) is 0 Å². The van der Waals surface area contributed by atoms with E-state index in [1.165, 1.54) is 5.01 Å². The van der Waals surface area contributed by atoms with Crippen LogP contribution in [0.5, 0.6) is 23.0 Å². The number of benzene rings is 2. The van der Waals surface area contributed by atoms with Crippen molar-refractivity contribution in [3.05, 3.63) is 47.5 Å². The van der Waals surface area contributed by atoms with Crippen LogP contribution in [-0.2, 0) is 9.53 Å². The Morgan fingerprint density at radius 1 is 1.07 bits per heavy atom. The number of fused-ring (bicyclic) bond motifs is 1. The van der Waals surface area contributed by atoms with E-state index < -0.39 is 6.04 Å². The van der Waals surface area contributed by atoms with Gasteiger partial charge in [0.2, 0.25) is 6.79 Å². The first kappa shape index (κ1) is 29.5. The van der Waals surface area contributed by atoms with Crippen molar-refractivity contribution in [2.75, 3.05) is 73.5 Å². The van der Waals surface area contributed by atoms with Crippen LogP contribution in [0.1, 0.15) is 36.9 Å². The minimum absolute atomic E-state index is 0.114. The van der Waals surface area contributed by atoms with Crippen LogP contribution in [0.3, 0.4) is 0 Å². The van der Waals surface area contributed by atoms with Gasteiger partial charge in [0.25, 0.3) is 5.91 Å². The highest BCUT2D eigenvalue weighted by Crippen LogP contribution is 2.40. The lowest BCUT2D eigenvalue weighted by Gasteiger charge is -2.31. The zero-order chi connectivity index (χ0) is 29.5. The number of methoxy groups -OCH3 is 2. The van der Waals surface area contributed by atoms with Crippen molar-refractivity contribution in [1.29, 1.82) is 0 Å². The van der Waals surface area contributed by atoms with Crippen LogP contribution in [0.4, 0.5) is 4.79 Å². The summed E-state index contributed by atoms with van der Waals surface area (Å²) in [5, 5.41) is 9.24. The zero-order valence-corrected chi connectivity index (χ0v) is 24.5. The molecule has 0 aromatic heterocycles. The van der Waals surface area contributed by atoms with E-state index in [0.717, 1.165) is 30.6 Å². The van der Waals surface area contributed by atoms with Gasteiger partial charge in [0, 0.05) is 50.8 Å². The molecule has 12 nitrogen and oxygen atoms in total. The molecule has 2 aromatic carbocycles. The lowest BCUT2D eigenvalue weighted by molar-refractivity contribution is -0.133. The molecule has 226 valence electrons. The third-order valence-corrected chi connectivity index (χ3v) is 7.60. The third kappa shape index (κ3) is 6.71. The normalized spacial score (nSPS) is 18.0. The largest absolute Gasteiger partial charge is 0.497 e. The highest BCUT2D eigenvalue weighted by atomic mass is 16.7. The first-order valence-corrected chi connectivity index (χ1v) is 14.3. The number of nitrogens with zero attached hydrogens (tertiary/aromatic N) is 4. The third-order valence-electron chi connectivity index (χ3n) is 7.60. The lowest BCUT2D eigenvalue weighted by atomic mass is 9.97. The Hall–Kier alpha value is -4.03. The first-order chi connectivity index (χ1) is 20.5. The number of morpholine rings is 1. The van der Waals surface area contributed by atoms with E-state index >= 15 is 0 Å². The molecule has 1 unspecified atom stereocenters. The van der Waals surface area contributed by atoms with E-state index in [4.69, 9.17) is 28.8 Å². The second-order valence-electron chi connectivity index (χ2n) is 10.3. The average Bonchev–Trinajstić information content (AvgIpc) is 3.69. The SMILES string of the molecule is CCCNC(=O)N(CCN1CCOCC1)CC(=O)N1N=C(c2ccc(OC)cc2OC)CC1c1ccc2c(c1)OCO2. The standard InChI is InChI=1S/C30H39N5O7/c1-4-9-31-30(37)34(11-10-33-12-14-40-15-13-33)19-29(36)35-25(21-5-8-26-28(16-21)42-20-41-26)18-24(32-35)23-7-6-22(38-2)17-27(23)39-3/h5-8,16-17,25H,4,9-15,18-20H2,1-3H3,(H,31,37). The average molecular weight is 582 g/mol. The Morgan fingerprint density at radius 2 is 1.88 bits per heavy atom. The Kier molecular flexibility index (Phi) is 9.65. The minimum Gasteiger partial charge on any atom is -0.497 e. The van der Waals surface area contributed by atoms with E-state index in [0.29, 0.717) is 68.0 Å². The van der Waals surface area contributed by atoms with Gasteiger partial charge in [-0.05, 0) is 36.2 Å². The summed E-state index contributed by atoms with van der Waals surface area (Å²) in [7, 11) is 3.19. The number of rotatable bonds is 11.